The topological polar surface area (TPSA) is 89.9 Å². The number of ether oxygens (including phenoxy) is 4. The summed E-state index contributed by atoms with van der Waals surface area (Å²) in [6, 6.07) is 12.8. The minimum absolute atomic E-state index is 0.0223. The van der Waals surface area contributed by atoms with Crippen LogP contribution in [-0.2, 0) is 14.3 Å². The molecule has 38 heavy (non-hydrogen) atoms. The van der Waals surface area contributed by atoms with E-state index in [2.05, 4.69) is 0 Å². The molecule has 2 amide bonds. The molecule has 0 radical (unpaired) electrons. The molecular weight excluding hydrogens is 486 g/mol. The first kappa shape index (κ1) is 27.4. The molecule has 1 saturated carbocycles. The van der Waals surface area contributed by atoms with Crippen LogP contribution in [0.2, 0.25) is 0 Å². The summed E-state index contributed by atoms with van der Waals surface area (Å²) in [5.41, 5.74) is 2.44. The fourth-order valence-corrected chi connectivity index (χ4v) is 5.16. The molecule has 204 valence electrons. The van der Waals surface area contributed by atoms with Gasteiger partial charge in [-0.3, -0.25) is 9.59 Å². The molecule has 2 aliphatic rings. The third-order valence-corrected chi connectivity index (χ3v) is 7.29. The molecule has 1 heterocycles. The van der Waals surface area contributed by atoms with E-state index < -0.39 is 0 Å². The summed E-state index contributed by atoms with van der Waals surface area (Å²) < 4.78 is 21.5. The second-order valence-corrected chi connectivity index (χ2v) is 9.58. The monoisotopic (exact) mass is 523 g/mol. The van der Waals surface area contributed by atoms with Crippen molar-refractivity contribution < 1.29 is 28.5 Å². The maximum atomic E-state index is 13.8. The van der Waals surface area contributed by atoms with Gasteiger partial charge in [-0.1, -0.05) is 25.0 Å². The minimum Gasteiger partial charge on any atom is -0.497 e. The van der Waals surface area contributed by atoms with Crippen molar-refractivity contribution in [3.05, 3.63) is 53.6 Å². The van der Waals surface area contributed by atoms with E-state index in [-0.39, 0.29) is 30.3 Å². The number of amides is 2. The molecular formula is C29H37N3O6. The van der Waals surface area contributed by atoms with Gasteiger partial charge in [0.05, 0.1) is 39.7 Å². The van der Waals surface area contributed by atoms with Gasteiger partial charge in [0.2, 0.25) is 5.91 Å². The summed E-state index contributed by atoms with van der Waals surface area (Å²) >= 11 is 0. The van der Waals surface area contributed by atoms with Crippen LogP contribution in [0.15, 0.2) is 47.6 Å². The van der Waals surface area contributed by atoms with E-state index in [9.17, 15) is 9.59 Å². The predicted molar refractivity (Wildman–Crippen MR) is 144 cm³/mol. The van der Waals surface area contributed by atoms with Crippen LogP contribution in [0, 0.1) is 5.92 Å². The second-order valence-electron chi connectivity index (χ2n) is 9.58. The highest BCUT2D eigenvalue weighted by atomic mass is 16.5. The van der Waals surface area contributed by atoms with E-state index in [4.69, 9.17) is 24.0 Å². The third-order valence-electron chi connectivity index (χ3n) is 7.29. The smallest absolute Gasteiger partial charge is 0.262 e. The normalized spacial score (nSPS) is 17.3. The maximum absolute atomic E-state index is 13.8. The number of carbonyl (C=O) groups is 2. The second kappa shape index (κ2) is 12.8. The van der Waals surface area contributed by atoms with Crippen molar-refractivity contribution in [2.24, 2.45) is 11.0 Å². The van der Waals surface area contributed by atoms with Crippen molar-refractivity contribution in [3.63, 3.8) is 0 Å². The van der Waals surface area contributed by atoms with Crippen molar-refractivity contribution in [1.82, 2.24) is 9.91 Å². The molecule has 2 aromatic carbocycles. The average molecular weight is 524 g/mol. The van der Waals surface area contributed by atoms with Crippen LogP contribution in [0.3, 0.4) is 0 Å². The fourth-order valence-electron chi connectivity index (χ4n) is 5.16. The van der Waals surface area contributed by atoms with Gasteiger partial charge in [0.1, 0.15) is 23.8 Å². The molecule has 0 N–H and O–H groups in total. The van der Waals surface area contributed by atoms with Gasteiger partial charge in [-0.05, 0) is 42.7 Å². The Labute approximate surface area is 224 Å². The van der Waals surface area contributed by atoms with Crippen LogP contribution in [0.25, 0.3) is 0 Å². The van der Waals surface area contributed by atoms with Crippen molar-refractivity contribution in [2.45, 2.75) is 38.1 Å². The number of benzene rings is 2. The lowest BCUT2D eigenvalue weighted by atomic mass is 9.97. The first-order valence-corrected chi connectivity index (χ1v) is 13.0. The van der Waals surface area contributed by atoms with E-state index in [1.54, 1.807) is 39.4 Å². The molecule has 2 aromatic rings. The van der Waals surface area contributed by atoms with E-state index >= 15 is 0 Å². The highest BCUT2D eigenvalue weighted by molar-refractivity contribution is 6.05. The number of hydrogen-bond donors (Lipinski definition) is 0. The zero-order valence-corrected chi connectivity index (χ0v) is 22.6. The van der Waals surface area contributed by atoms with E-state index in [1.165, 1.54) is 5.01 Å². The Morgan fingerprint density at radius 1 is 0.947 bits per heavy atom. The zero-order valence-electron chi connectivity index (χ0n) is 22.6. The largest absolute Gasteiger partial charge is 0.497 e. The lowest BCUT2D eigenvalue weighted by molar-refractivity contribution is -0.144. The van der Waals surface area contributed by atoms with Gasteiger partial charge < -0.3 is 23.8 Å². The Balaban J connectivity index is 1.64. The first-order valence-electron chi connectivity index (χ1n) is 13.0. The minimum atomic E-state index is -0.332. The summed E-state index contributed by atoms with van der Waals surface area (Å²) in [6.07, 6.45) is 4.33. The van der Waals surface area contributed by atoms with Crippen molar-refractivity contribution >= 4 is 17.5 Å². The number of hydrazone groups is 1. The third kappa shape index (κ3) is 6.10. The first-order chi connectivity index (χ1) is 18.5. The summed E-state index contributed by atoms with van der Waals surface area (Å²) in [4.78, 5) is 28.7. The van der Waals surface area contributed by atoms with Crippen molar-refractivity contribution in [1.29, 1.82) is 0 Å². The molecule has 1 aliphatic carbocycles. The van der Waals surface area contributed by atoms with Crippen LogP contribution < -0.4 is 14.2 Å². The molecule has 1 aliphatic heterocycles. The number of hydrogen-bond acceptors (Lipinski definition) is 7. The van der Waals surface area contributed by atoms with E-state index in [1.807, 2.05) is 36.4 Å². The van der Waals surface area contributed by atoms with Gasteiger partial charge in [-0.15, -0.1) is 0 Å². The summed E-state index contributed by atoms with van der Waals surface area (Å²) in [5.74, 6) is 1.77. The van der Waals surface area contributed by atoms with Gasteiger partial charge in [0.25, 0.3) is 5.91 Å². The number of rotatable bonds is 11. The molecule has 0 bridgehead atoms. The molecule has 1 atom stereocenters. The molecule has 1 fully saturated rings. The molecule has 0 unspecified atom stereocenters. The number of nitrogens with zero attached hydrogens (tertiary/aromatic N) is 3. The zero-order chi connectivity index (χ0) is 27.1. The van der Waals surface area contributed by atoms with Crippen LogP contribution in [0.4, 0.5) is 0 Å². The molecule has 4 rings (SSSR count). The van der Waals surface area contributed by atoms with Crippen LogP contribution >= 0.6 is 0 Å². The van der Waals surface area contributed by atoms with Crippen molar-refractivity contribution in [3.8, 4) is 17.2 Å². The van der Waals surface area contributed by atoms with E-state index in [0.29, 0.717) is 31.1 Å². The lowest BCUT2D eigenvalue weighted by Gasteiger charge is -2.28. The Morgan fingerprint density at radius 2 is 1.63 bits per heavy atom. The Kier molecular flexibility index (Phi) is 9.23. The maximum Gasteiger partial charge on any atom is 0.262 e. The number of carbonyl (C=O) groups excluding carboxylic acids is 2. The molecule has 0 spiro atoms. The van der Waals surface area contributed by atoms with Gasteiger partial charge in [-0.25, -0.2) is 5.01 Å². The van der Waals surface area contributed by atoms with Gasteiger partial charge in [-0.2, -0.15) is 5.10 Å². The molecule has 9 nitrogen and oxygen atoms in total. The molecule has 0 saturated heterocycles. The van der Waals surface area contributed by atoms with Gasteiger partial charge in [0, 0.05) is 37.6 Å². The van der Waals surface area contributed by atoms with Crippen LogP contribution in [0.1, 0.15) is 49.3 Å². The Morgan fingerprint density at radius 3 is 2.26 bits per heavy atom. The molecule has 0 aromatic heterocycles. The quantitative estimate of drug-likeness (QED) is 0.441. The number of methoxy groups -OCH3 is 4. The average Bonchev–Trinajstić information content (AvgIpc) is 3.65. The predicted octanol–water partition coefficient (Wildman–Crippen LogP) is 4.06. The van der Waals surface area contributed by atoms with Gasteiger partial charge >= 0.3 is 0 Å². The lowest BCUT2D eigenvalue weighted by Crippen LogP contribution is -2.44. The Bertz CT molecular complexity index is 1140. The summed E-state index contributed by atoms with van der Waals surface area (Å²) in [5, 5.41) is 6.31. The highest BCUT2D eigenvalue weighted by Crippen LogP contribution is 2.37. The van der Waals surface area contributed by atoms with Gasteiger partial charge in [0.15, 0.2) is 0 Å². The summed E-state index contributed by atoms with van der Waals surface area (Å²) in [7, 11) is 6.41. The molecule has 9 heteroatoms. The standard InChI is InChI=1S/C29H37N3O6/c1-35-16-15-31(29(34)21-7-5-6-8-21)19-28(33)32-26(20-9-11-22(36-2)12-10-20)18-25(30-32)24-14-13-23(37-3)17-27(24)38-4/h9-14,17,21,26H,5-8,15-16,18-19H2,1-4H3/t26-/m0/s1. The van der Waals surface area contributed by atoms with Crippen molar-refractivity contribution in [2.75, 3.05) is 48.1 Å². The fraction of sp³-hybridized carbons (Fsp3) is 0.483. The van der Waals surface area contributed by atoms with E-state index in [0.717, 1.165) is 48.3 Å². The van der Waals surface area contributed by atoms with Crippen LogP contribution in [-0.4, -0.2) is 75.6 Å². The Hall–Kier alpha value is -3.59. The SMILES string of the molecule is COCCN(CC(=O)N1N=C(c2ccc(OC)cc2OC)C[C@H]1c1ccc(OC)cc1)C(=O)C1CCCC1. The summed E-state index contributed by atoms with van der Waals surface area (Å²) in [6.45, 7) is 0.675. The van der Waals surface area contributed by atoms with Crippen LogP contribution in [0.5, 0.6) is 17.2 Å². The highest BCUT2D eigenvalue weighted by Gasteiger charge is 2.36.